The molecular weight excluding hydrogens is 291 g/mol. The standard InChI is InChI=1S/C12H14BrClO2/c1-15-11-5-9(6-14)4-10(13)12(11)16-7-8-2-3-8/h4-5,8H,2-3,6-7H2,1H3. The number of benzene rings is 1. The molecule has 0 unspecified atom stereocenters. The molecule has 1 aromatic carbocycles. The molecule has 0 atom stereocenters. The molecule has 1 saturated carbocycles. The minimum Gasteiger partial charge on any atom is -0.493 e. The molecule has 1 aliphatic carbocycles. The van der Waals surface area contributed by atoms with E-state index in [1.54, 1.807) is 7.11 Å². The van der Waals surface area contributed by atoms with Crippen LogP contribution in [0.5, 0.6) is 11.5 Å². The van der Waals surface area contributed by atoms with Crippen LogP contribution in [0.3, 0.4) is 0 Å². The first-order valence-electron chi connectivity index (χ1n) is 5.29. The highest BCUT2D eigenvalue weighted by Gasteiger charge is 2.23. The van der Waals surface area contributed by atoms with Crippen molar-refractivity contribution in [2.24, 2.45) is 5.92 Å². The number of hydrogen-bond donors (Lipinski definition) is 0. The van der Waals surface area contributed by atoms with Crippen molar-refractivity contribution in [2.75, 3.05) is 13.7 Å². The van der Waals surface area contributed by atoms with E-state index in [1.807, 2.05) is 12.1 Å². The number of halogens is 2. The molecule has 0 amide bonds. The average Bonchev–Trinajstić information content (AvgIpc) is 3.10. The maximum absolute atomic E-state index is 5.80. The Morgan fingerprint density at radius 2 is 2.19 bits per heavy atom. The van der Waals surface area contributed by atoms with E-state index >= 15 is 0 Å². The first-order valence-corrected chi connectivity index (χ1v) is 6.62. The highest BCUT2D eigenvalue weighted by Crippen LogP contribution is 2.39. The van der Waals surface area contributed by atoms with Gasteiger partial charge in [-0.2, -0.15) is 0 Å². The number of hydrogen-bond acceptors (Lipinski definition) is 2. The van der Waals surface area contributed by atoms with Crippen molar-refractivity contribution in [2.45, 2.75) is 18.7 Å². The molecule has 0 aromatic heterocycles. The van der Waals surface area contributed by atoms with Crippen LogP contribution in [0, 0.1) is 5.92 Å². The smallest absolute Gasteiger partial charge is 0.175 e. The molecule has 1 aromatic rings. The molecule has 0 radical (unpaired) electrons. The number of methoxy groups -OCH3 is 1. The molecule has 0 N–H and O–H groups in total. The third-order valence-electron chi connectivity index (χ3n) is 2.60. The Morgan fingerprint density at radius 1 is 1.44 bits per heavy atom. The molecule has 0 spiro atoms. The van der Waals surface area contributed by atoms with Crippen LogP contribution >= 0.6 is 27.5 Å². The van der Waals surface area contributed by atoms with Gasteiger partial charge in [-0.3, -0.25) is 0 Å². The maximum atomic E-state index is 5.80. The van der Waals surface area contributed by atoms with Gasteiger partial charge in [0.05, 0.1) is 18.2 Å². The summed E-state index contributed by atoms with van der Waals surface area (Å²) in [5.74, 6) is 2.72. The monoisotopic (exact) mass is 304 g/mol. The molecule has 0 heterocycles. The van der Waals surface area contributed by atoms with Crippen LogP contribution < -0.4 is 9.47 Å². The minimum absolute atomic E-state index is 0.470. The van der Waals surface area contributed by atoms with Crippen molar-refractivity contribution in [1.82, 2.24) is 0 Å². The summed E-state index contributed by atoms with van der Waals surface area (Å²) in [6, 6.07) is 3.89. The van der Waals surface area contributed by atoms with E-state index in [4.69, 9.17) is 21.1 Å². The average molecular weight is 306 g/mol. The predicted octanol–water partition coefficient (Wildman–Crippen LogP) is 3.99. The molecular formula is C12H14BrClO2. The summed E-state index contributed by atoms with van der Waals surface area (Å²) in [5.41, 5.74) is 1.02. The molecule has 2 nitrogen and oxygen atoms in total. The number of ether oxygens (including phenoxy) is 2. The van der Waals surface area contributed by atoms with Crippen LogP contribution in [0.2, 0.25) is 0 Å². The minimum atomic E-state index is 0.470. The summed E-state index contributed by atoms with van der Waals surface area (Å²) in [5, 5.41) is 0. The molecule has 0 aliphatic heterocycles. The van der Waals surface area contributed by atoms with Crippen molar-refractivity contribution >= 4 is 27.5 Å². The lowest BCUT2D eigenvalue weighted by Crippen LogP contribution is -2.02. The Kier molecular flexibility index (Phi) is 3.98. The Balaban J connectivity index is 2.18. The van der Waals surface area contributed by atoms with Crippen LogP contribution in [0.1, 0.15) is 18.4 Å². The van der Waals surface area contributed by atoms with Gasteiger partial charge >= 0.3 is 0 Å². The van der Waals surface area contributed by atoms with Gasteiger partial charge in [-0.15, -0.1) is 11.6 Å². The summed E-state index contributed by atoms with van der Waals surface area (Å²) >= 11 is 9.29. The third kappa shape index (κ3) is 2.83. The Morgan fingerprint density at radius 3 is 2.75 bits per heavy atom. The molecule has 88 valence electrons. The van der Waals surface area contributed by atoms with Gasteiger partial charge in [-0.25, -0.2) is 0 Å². The van der Waals surface area contributed by atoms with E-state index in [1.165, 1.54) is 12.8 Å². The third-order valence-corrected chi connectivity index (χ3v) is 3.50. The molecule has 2 rings (SSSR count). The van der Waals surface area contributed by atoms with Crippen molar-refractivity contribution in [3.05, 3.63) is 22.2 Å². The van der Waals surface area contributed by atoms with Crippen molar-refractivity contribution in [3.63, 3.8) is 0 Å². The Labute approximate surface area is 109 Å². The normalized spacial score (nSPS) is 14.9. The number of alkyl halides is 1. The molecule has 0 bridgehead atoms. The zero-order chi connectivity index (χ0) is 11.5. The summed E-state index contributed by atoms with van der Waals surface area (Å²) in [4.78, 5) is 0. The van der Waals surface area contributed by atoms with Gasteiger partial charge in [0.25, 0.3) is 0 Å². The Hall–Kier alpha value is -0.410. The number of rotatable bonds is 5. The highest BCUT2D eigenvalue weighted by atomic mass is 79.9. The maximum Gasteiger partial charge on any atom is 0.175 e. The summed E-state index contributed by atoms with van der Waals surface area (Å²) in [6.07, 6.45) is 2.55. The van der Waals surface area contributed by atoms with Gasteiger partial charge in [0.1, 0.15) is 0 Å². The molecule has 0 saturated heterocycles. The zero-order valence-corrected chi connectivity index (χ0v) is 11.5. The van der Waals surface area contributed by atoms with Gasteiger partial charge in [0, 0.05) is 5.88 Å². The van der Waals surface area contributed by atoms with E-state index in [2.05, 4.69) is 15.9 Å². The Bertz CT molecular complexity index is 378. The van der Waals surface area contributed by atoms with Gasteiger partial charge < -0.3 is 9.47 Å². The van der Waals surface area contributed by atoms with E-state index in [0.29, 0.717) is 5.88 Å². The summed E-state index contributed by atoms with van der Waals surface area (Å²) in [7, 11) is 1.64. The van der Waals surface area contributed by atoms with Crippen molar-refractivity contribution in [3.8, 4) is 11.5 Å². The van der Waals surface area contributed by atoms with Gasteiger partial charge in [0.2, 0.25) is 0 Å². The topological polar surface area (TPSA) is 18.5 Å². The molecule has 1 fully saturated rings. The van der Waals surface area contributed by atoms with E-state index in [0.717, 1.165) is 34.1 Å². The summed E-state index contributed by atoms with van der Waals surface area (Å²) < 4.78 is 12.0. The molecule has 1 aliphatic rings. The quantitative estimate of drug-likeness (QED) is 0.766. The van der Waals surface area contributed by atoms with Crippen molar-refractivity contribution < 1.29 is 9.47 Å². The highest BCUT2D eigenvalue weighted by molar-refractivity contribution is 9.10. The lowest BCUT2D eigenvalue weighted by atomic mass is 10.2. The molecule has 4 heteroatoms. The van der Waals surface area contributed by atoms with E-state index in [9.17, 15) is 0 Å². The zero-order valence-electron chi connectivity index (χ0n) is 9.13. The summed E-state index contributed by atoms with van der Waals surface area (Å²) in [6.45, 7) is 0.773. The van der Waals surface area contributed by atoms with E-state index < -0.39 is 0 Å². The fraction of sp³-hybridized carbons (Fsp3) is 0.500. The van der Waals surface area contributed by atoms with Crippen LogP contribution in [-0.2, 0) is 5.88 Å². The second-order valence-corrected chi connectivity index (χ2v) is 5.12. The van der Waals surface area contributed by atoms with Crippen molar-refractivity contribution in [1.29, 1.82) is 0 Å². The lowest BCUT2D eigenvalue weighted by Gasteiger charge is -2.13. The fourth-order valence-electron chi connectivity index (χ4n) is 1.48. The first-order chi connectivity index (χ1) is 7.74. The van der Waals surface area contributed by atoms with Crippen LogP contribution in [0.15, 0.2) is 16.6 Å². The lowest BCUT2D eigenvalue weighted by molar-refractivity contribution is 0.278. The first kappa shape index (κ1) is 12.1. The largest absolute Gasteiger partial charge is 0.493 e. The van der Waals surface area contributed by atoms with Gasteiger partial charge in [0.15, 0.2) is 11.5 Å². The van der Waals surface area contributed by atoms with E-state index in [-0.39, 0.29) is 0 Å². The SMILES string of the molecule is COc1cc(CCl)cc(Br)c1OCC1CC1. The van der Waals surface area contributed by atoms with Gasteiger partial charge in [-0.05, 0) is 52.4 Å². The molecule has 16 heavy (non-hydrogen) atoms. The van der Waals surface area contributed by atoms with Crippen LogP contribution in [-0.4, -0.2) is 13.7 Å². The van der Waals surface area contributed by atoms with Crippen LogP contribution in [0.25, 0.3) is 0 Å². The van der Waals surface area contributed by atoms with Crippen LogP contribution in [0.4, 0.5) is 0 Å². The predicted molar refractivity (Wildman–Crippen MR) is 68.5 cm³/mol. The fourth-order valence-corrected chi connectivity index (χ4v) is 2.23. The second kappa shape index (κ2) is 5.28. The second-order valence-electron chi connectivity index (χ2n) is 4.00. The van der Waals surface area contributed by atoms with Gasteiger partial charge in [-0.1, -0.05) is 0 Å².